The van der Waals surface area contributed by atoms with Gasteiger partial charge < -0.3 is 42.5 Å². The number of carbonyl (C=O) groups excluding carboxylic acids is 4. The molecule has 0 aliphatic carbocycles. The van der Waals surface area contributed by atoms with Crippen molar-refractivity contribution >= 4 is 35.6 Å². The summed E-state index contributed by atoms with van der Waals surface area (Å²) in [5.41, 5.74) is 11.1. The largest absolute Gasteiger partial charge is 0.481 e. The molecule has 14 nitrogen and oxygen atoms in total. The van der Waals surface area contributed by atoms with E-state index in [2.05, 4.69) is 22.9 Å². The minimum absolute atomic E-state index is 0.108. The maximum Gasteiger partial charge on any atom is 0.326 e. The number of aliphatic carboxylic acids is 2. The zero-order chi connectivity index (χ0) is 38.6. The minimum Gasteiger partial charge on any atom is -0.481 e. The van der Waals surface area contributed by atoms with Crippen molar-refractivity contribution in [3.05, 3.63) is 0 Å². The van der Waals surface area contributed by atoms with Crippen LogP contribution in [0.25, 0.3) is 0 Å². The zero-order valence-electron chi connectivity index (χ0n) is 31.8. The van der Waals surface area contributed by atoms with Gasteiger partial charge in [0.05, 0.1) is 0 Å². The Kier molecular flexibility index (Phi) is 26.3. The van der Waals surface area contributed by atoms with Gasteiger partial charge in [0.25, 0.3) is 0 Å². The molecule has 0 aromatic rings. The Hall–Kier alpha value is -3.26. The zero-order valence-corrected chi connectivity index (χ0v) is 31.8. The number of hydrogen-bond donors (Lipinski definition) is 7. The van der Waals surface area contributed by atoms with Crippen LogP contribution in [-0.4, -0.2) is 94.5 Å². The van der Waals surface area contributed by atoms with Crippen LogP contribution < -0.4 is 27.4 Å². The van der Waals surface area contributed by atoms with Crippen LogP contribution >= 0.6 is 0 Å². The van der Waals surface area contributed by atoms with Crippen molar-refractivity contribution in [2.75, 3.05) is 19.6 Å². The number of amides is 4. The molecule has 1 heterocycles. The SMILES string of the molecule is CCCCCCCCCCCCCCCC(=O)N1CCCC1C(=O)NC(CCC(=O)O)C(=O)NC(CCCCN)C(=O)NC(CCCCN)C(=O)O. The highest BCUT2D eigenvalue weighted by Crippen LogP contribution is 2.21. The molecule has 0 aromatic carbocycles. The lowest BCUT2D eigenvalue weighted by Crippen LogP contribution is -2.57. The fourth-order valence-electron chi connectivity index (χ4n) is 6.64. The molecule has 0 aromatic heterocycles. The number of carbonyl (C=O) groups is 6. The van der Waals surface area contributed by atoms with Gasteiger partial charge in [-0.2, -0.15) is 0 Å². The molecule has 1 aliphatic rings. The van der Waals surface area contributed by atoms with E-state index >= 15 is 0 Å². The first-order valence-electron chi connectivity index (χ1n) is 20.1. The Morgan fingerprint density at radius 3 is 1.60 bits per heavy atom. The van der Waals surface area contributed by atoms with Crippen molar-refractivity contribution in [2.24, 2.45) is 11.5 Å². The van der Waals surface area contributed by atoms with Crippen LogP contribution in [0.2, 0.25) is 0 Å². The van der Waals surface area contributed by atoms with Crippen LogP contribution in [0.1, 0.15) is 161 Å². The molecule has 1 saturated heterocycles. The van der Waals surface area contributed by atoms with E-state index in [0.29, 0.717) is 64.6 Å². The molecule has 1 aliphatic heterocycles. The van der Waals surface area contributed by atoms with E-state index in [-0.39, 0.29) is 25.2 Å². The second kappa shape index (κ2) is 29.2. The van der Waals surface area contributed by atoms with Gasteiger partial charge in [0, 0.05) is 19.4 Å². The van der Waals surface area contributed by atoms with Gasteiger partial charge in [-0.3, -0.25) is 24.0 Å². The molecule has 0 radical (unpaired) electrons. The molecule has 4 atom stereocenters. The van der Waals surface area contributed by atoms with Gasteiger partial charge in [0.1, 0.15) is 24.2 Å². The summed E-state index contributed by atoms with van der Waals surface area (Å²) in [5.74, 6) is -4.50. The standard InChI is InChI=1S/C38H70N6O8/c1-2-3-4-5-6-7-8-9-10-11-12-13-14-23-33(45)44-28-19-22-32(44)37(50)42-30(24-25-34(46)47)36(49)41-29(20-15-17-26-39)35(48)43-31(38(51)52)21-16-18-27-40/h29-32H,2-28,39-40H2,1H3,(H,41,49)(H,42,50)(H,43,48)(H,46,47)(H,51,52). The van der Waals surface area contributed by atoms with Crippen molar-refractivity contribution in [2.45, 2.75) is 185 Å². The predicted molar refractivity (Wildman–Crippen MR) is 201 cm³/mol. The number of unbranched alkanes of at least 4 members (excludes halogenated alkanes) is 14. The lowest BCUT2D eigenvalue weighted by molar-refractivity contribution is -0.142. The molecule has 14 heteroatoms. The Balaban J connectivity index is 2.73. The highest BCUT2D eigenvalue weighted by atomic mass is 16.4. The van der Waals surface area contributed by atoms with Crippen molar-refractivity contribution in [1.29, 1.82) is 0 Å². The topological polar surface area (TPSA) is 234 Å². The molecule has 1 fully saturated rings. The monoisotopic (exact) mass is 739 g/mol. The van der Waals surface area contributed by atoms with Gasteiger partial charge in [-0.1, -0.05) is 84.0 Å². The summed E-state index contributed by atoms with van der Waals surface area (Å²) < 4.78 is 0. The number of rotatable bonds is 32. The van der Waals surface area contributed by atoms with E-state index in [4.69, 9.17) is 11.5 Å². The van der Waals surface area contributed by atoms with E-state index in [1.807, 2.05) is 0 Å². The summed E-state index contributed by atoms with van der Waals surface area (Å²) in [6, 6.07) is -4.37. The molecule has 0 spiro atoms. The fourth-order valence-corrected chi connectivity index (χ4v) is 6.64. The maximum atomic E-state index is 13.5. The molecule has 4 unspecified atom stereocenters. The number of carboxylic acid groups (broad SMARTS) is 2. The molecule has 0 bridgehead atoms. The third kappa shape index (κ3) is 20.7. The smallest absolute Gasteiger partial charge is 0.326 e. The lowest BCUT2D eigenvalue weighted by atomic mass is 10.0. The molecule has 9 N–H and O–H groups in total. The van der Waals surface area contributed by atoms with Gasteiger partial charge in [0.15, 0.2) is 0 Å². The number of nitrogens with one attached hydrogen (secondary N) is 3. The van der Waals surface area contributed by atoms with Gasteiger partial charge in [0.2, 0.25) is 23.6 Å². The predicted octanol–water partition coefficient (Wildman–Crippen LogP) is 4.12. The molecule has 4 amide bonds. The van der Waals surface area contributed by atoms with Gasteiger partial charge in [-0.05, 0) is 77.3 Å². The van der Waals surface area contributed by atoms with E-state index in [1.165, 1.54) is 57.8 Å². The Labute approximate surface area is 311 Å². The van der Waals surface area contributed by atoms with Crippen LogP contribution in [-0.2, 0) is 28.8 Å². The van der Waals surface area contributed by atoms with E-state index in [1.54, 1.807) is 4.90 Å². The van der Waals surface area contributed by atoms with E-state index in [9.17, 15) is 39.0 Å². The van der Waals surface area contributed by atoms with E-state index in [0.717, 1.165) is 25.7 Å². The maximum absolute atomic E-state index is 13.5. The minimum atomic E-state index is -1.29. The van der Waals surface area contributed by atoms with Crippen LogP contribution in [0.4, 0.5) is 0 Å². The molecule has 52 heavy (non-hydrogen) atoms. The number of carboxylic acids is 2. The lowest BCUT2D eigenvalue weighted by Gasteiger charge is -2.28. The van der Waals surface area contributed by atoms with Crippen molar-refractivity contribution in [3.8, 4) is 0 Å². The molecule has 0 saturated carbocycles. The summed E-state index contributed by atoms with van der Waals surface area (Å²) in [6.45, 7) is 3.40. The molecule has 1 rings (SSSR count). The fraction of sp³-hybridized carbons (Fsp3) is 0.842. The number of nitrogens with zero attached hydrogens (tertiary/aromatic N) is 1. The first-order valence-corrected chi connectivity index (χ1v) is 20.1. The normalized spacial score (nSPS) is 15.8. The van der Waals surface area contributed by atoms with Gasteiger partial charge >= 0.3 is 11.9 Å². The summed E-state index contributed by atoms with van der Waals surface area (Å²) in [7, 11) is 0. The molecule has 300 valence electrons. The highest BCUT2D eigenvalue weighted by Gasteiger charge is 2.36. The Morgan fingerprint density at radius 2 is 1.10 bits per heavy atom. The quantitative estimate of drug-likeness (QED) is 0.0488. The average molecular weight is 739 g/mol. The summed E-state index contributed by atoms with van der Waals surface area (Å²) >= 11 is 0. The first-order chi connectivity index (χ1) is 25.0. The summed E-state index contributed by atoms with van der Waals surface area (Å²) in [4.78, 5) is 78.2. The average Bonchev–Trinajstić information content (AvgIpc) is 3.61. The number of hydrogen-bond acceptors (Lipinski definition) is 8. The number of likely N-dealkylation sites (tertiary alicyclic amines) is 1. The van der Waals surface area contributed by atoms with Crippen molar-refractivity contribution < 1.29 is 39.0 Å². The summed E-state index contributed by atoms with van der Waals surface area (Å²) in [6.07, 6.45) is 18.8. The molecular formula is C38H70N6O8. The van der Waals surface area contributed by atoms with Crippen molar-refractivity contribution in [3.63, 3.8) is 0 Å². The first kappa shape index (κ1) is 46.8. The van der Waals surface area contributed by atoms with Crippen molar-refractivity contribution in [1.82, 2.24) is 20.9 Å². The van der Waals surface area contributed by atoms with Gasteiger partial charge in [-0.25, -0.2) is 4.79 Å². The second-order valence-corrected chi connectivity index (χ2v) is 14.3. The molecular weight excluding hydrogens is 668 g/mol. The van der Waals surface area contributed by atoms with E-state index < -0.39 is 60.2 Å². The third-order valence-electron chi connectivity index (χ3n) is 9.79. The second-order valence-electron chi connectivity index (χ2n) is 14.3. The van der Waals surface area contributed by atoms with Crippen LogP contribution in [0.15, 0.2) is 0 Å². The summed E-state index contributed by atoms with van der Waals surface area (Å²) in [5, 5.41) is 26.7. The Morgan fingerprint density at radius 1 is 0.615 bits per heavy atom. The van der Waals surface area contributed by atoms with Gasteiger partial charge in [-0.15, -0.1) is 0 Å². The number of nitrogens with two attached hydrogens (primary N) is 2. The third-order valence-corrected chi connectivity index (χ3v) is 9.79. The van der Waals surface area contributed by atoms with Crippen LogP contribution in [0, 0.1) is 0 Å². The van der Waals surface area contributed by atoms with Crippen LogP contribution in [0.3, 0.4) is 0 Å². The van der Waals surface area contributed by atoms with Crippen LogP contribution in [0.5, 0.6) is 0 Å². The Bertz CT molecular complexity index is 1060. The highest BCUT2D eigenvalue weighted by molar-refractivity contribution is 5.95.